The predicted molar refractivity (Wildman–Crippen MR) is 160 cm³/mol. The quantitative estimate of drug-likeness (QED) is 0.0410. The van der Waals surface area contributed by atoms with Gasteiger partial charge in [0, 0.05) is 22.9 Å². The van der Waals surface area contributed by atoms with E-state index in [9.17, 15) is 62.0 Å². The van der Waals surface area contributed by atoms with E-state index < -0.39 is 70.7 Å². The van der Waals surface area contributed by atoms with E-state index in [0.717, 1.165) is 60.7 Å². The maximum atomic E-state index is 12.2. The van der Waals surface area contributed by atoms with Gasteiger partial charge < -0.3 is 5.73 Å². The van der Waals surface area contributed by atoms with Gasteiger partial charge in [0.25, 0.3) is 46.2 Å². The van der Waals surface area contributed by atoms with Crippen LogP contribution in [-0.4, -0.2) is 56.8 Å². The van der Waals surface area contributed by atoms with E-state index in [0.29, 0.717) is 12.1 Å². The number of nitrogen functional groups attached to an aromatic ring is 1. The minimum atomic E-state index is -5.04. The highest BCUT2D eigenvalue weighted by Crippen LogP contribution is 2.38. The molecule has 0 amide bonds. The first-order valence-corrected chi connectivity index (χ1v) is 17.6. The van der Waals surface area contributed by atoms with Gasteiger partial charge in [-0.2, -0.15) is 38.8 Å². The Kier molecular flexibility index (Phi) is 8.86. The molecule has 0 aliphatic heterocycles. The molecular weight excluding hydrogens is 697 g/mol. The highest BCUT2D eigenvalue weighted by molar-refractivity contribution is 7.87. The molecule has 0 spiro atoms. The normalized spacial score (nSPS) is 13.1. The first kappa shape index (κ1) is 34.2. The molecular formula is C24H18N4O14S4. The van der Waals surface area contributed by atoms with Crippen LogP contribution in [0.3, 0.4) is 0 Å². The number of nitrogens with zero attached hydrogens (tertiary/aromatic N) is 3. The van der Waals surface area contributed by atoms with Crippen LogP contribution in [0.1, 0.15) is 11.1 Å². The van der Waals surface area contributed by atoms with Crippen LogP contribution in [0, 0.1) is 10.1 Å². The van der Waals surface area contributed by atoms with Crippen molar-refractivity contribution < 1.29 is 56.8 Å². The van der Waals surface area contributed by atoms with Crippen molar-refractivity contribution in [3.63, 3.8) is 0 Å². The summed E-state index contributed by atoms with van der Waals surface area (Å²) in [6, 6.07) is 9.13. The summed E-state index contributed by atoms with van der Waals surface area (Å²) in [7, 11) is -20.0. The Morgan fingerprint density at radius 3 is 1.70 bits per heavy atom. The summed E-state index contributed by atoms with van der Waals surface area (Å²) in [6.07, 6.45) is 2.00. The second-order valence-corrected chi connectivity index (χ2v) is 14.7. The minimum absolute atomic E-state index is 0.197. The van der Waals surface area contributed by atoms with Crippen LogP contribution in [-0.2, 0) is 40.5 Å². The molecule has 6 N–H and O–H groups in total. The second-order valence-electron chi connectivity index (χ2n) is 9.15. The molecule has 18 nitrogen and oxygen atoms in total. The first-order valence-electron chi connectivity index (χ1n) is 11.9. The minimum Gasteiger partial charge on any atom is -0.397 e. The van der Waals surface area contributed by atoms with E-state index in [1.54, 1.807) is 0 Å². The Balaban J connectivity index is 1.85. The number of non-ortho nitro benzene ring substituents is 1. The molecule has 4 rings (SSSR count). The van der Waals surface area contributed by atoms with Crippen LogP contribution >= 0.6 is 0 Å². The zero-order chi connectivity index (χ0) is 34.4. The number of anilines is 1. The van der Waals surface area contributed by atoms with Crippen molar-refractivity contribution in [3.05, 3.63) is 81.9 Å². The molecule has 0 atom stereocenters. The van der Waals surface area contributed by atoms with Crippen LogP contribution in [0.4, 0.5) is 22.7 Å². The Morgan fingerprint density at radius 1 is 0.630 bits per heavy atom. The molecule has 0 fully saturated rings. The van der Waals surface area contributed by atoms with Crippen LogP contribution in [0.25, 0.3) is 22.9 Å². The lowest BCUT2D eigenvalue weighted by Gasteiger charge is -2.10. The number of nitro groups is 1. The van der Waals surface area contributed by atoms with Crippen molar-refractivity contribution >= 4 is 86.1 Å². The van der Waals surface area contributed by atoms with Crippen molar-refractivity contribution in [1.29, 1.82) is 0 Å². The first-order chi connectivity index (χ1) is 21.1. The monoisotopic (exact) mass is 714 g/mol. The average Bonchev–Trinajstić information content (AvgIpc) is 2.93. The van der Waals surface area contributed by atoms with Gasteiger partial charge in [0.2, 0.25) is 0 Å². The van der Waals surface area contributed by atoms with Crippen molar-refractivity contribution in [2.24, 2.45) is 10.2 Å². The average molecular weight is 715 g/mol. The van der Waals surface area contributed by atoms with Gasteiger partial charge in [-0.3, -0.25) is 28.3 Å². The zero-order valence-corrected chi connectivity index (χ0v) is 25.6. The Morgan fingerprint density at radius 2 is 1.17 bits per heavy atom. The number of fused-ring (bicyclic) bond motifs is 1. The van der Waals surface area contributed by atoms with E-state index in [2.05, 4.69) is 10.2 Å². The molecule has 242 valence electrons. The van der Waals surface area contributed by atoms with Gasteiger partial charge in [0.05, 0.1) is 21.2 Å². The Bertz CT molecular complexity index is 2460. The molecule has 0 aromatic heterocycles. The maximum Gasteiger partial charge on any atom is 0.295 e. The van der Waals surface area contributed by atoms with Gasteiger partial charge >= 0.3 is 0 Å². The predicted octanol–water partition coefficient (Wildman–Crippen LogP) is 3.90. The topological polar surface area (TPSA) is 311 Å². The molecule has 0 aliphatic rings. The van der Waals surface area contributed by atoms with E-state index in [1.165, 1.54) is 0 Å². The van der Waals surface area contributed by atoms with Crippen LogP contribution in [0.2, 0.25) is 0 Å². The number of nitro benzene ring substituents is 1. The fourth-order valence-electron chi connectivity index (χ4n) is 4.08. The zero-order valence-electron chi connectivity index (χ0n) is 22.4. The van der Waals surface area contributed by atoms with Gasteiger partial charge in [-0.15, -0.1) is 5.11 Å². The molecule has 0 saturated heterocycles. The van der Waals surface area contributed by atoms with E-state index in [1.807, 2.05) is 0 Å². The molecule has 0 saturated carbocycles. The molecule has 0 aliphatic carbocycles. The number of rotatable bonds is 9. The molecule has 0 bridgehead atoms. The molecule has 0 radical (unpaired) electrons. The fraction of sp³-hybridized carbons (Fsp3) is 0. The van der Waals surface area contributed by atoms with Gasteiger partial charge in [-0.05, 0) is 47.5 Å². The highest BCUT2D eigenvalue weighted by Gasteiger charge is 2.23. The Hall–Kier alpha value is -4.68. The van der Waals surface area contributed by atoms with Gasteiger partial charge in [-0.1, -0.05) is 24.3 Å². The molecule has 22 heteroatoms. The second kappa shape index (κ2) is 11.9. The lowest BCUT2D eigenvalue weighted by molar-refractivity contribution is -0.385. The van der Waals surface area contributed by atoms with E-state index >= 15 is 0 Å². The molecule has 0 heterocycles. The summed E-state index contributed by atoms with van der Waals surface area (Å²) in [5, 5.41) is 18.1. The largest absolute Gasteiger partial charge is 0.397 e. The molecule has 4 aromatic rings. The number of azo groups is 1. The third-order valence-corrected chi connectivity index (χ3v) is 9.66. The van der Waals surface area contributed by atoms with Gasteiger partial charge in [0.1, 0.15) is 20.4 Å². The van der Waals surface area contributed by atoms with Crippen molar-refractivity contribution in [1.82, 2.24) is 0 Å². The summed E-state index contributed by atoms with van der Waals surface area (Å²) >= 11 is 0. The summed E-state index contributed by atoms with van der Waals surface area (Å²) in [4.78, 5) is 6.61. The van der Waals surface area contributed by atoms with Crippen molar-refractivity contribution in [2.45, 2.75) is 19.6 Å². The summed E-state index contributed by atoms with van der Waals surface area (Å²) in [5.74, 6) is 0. The van der Waals surface area contributed by atoms with E-state index in [4.69, 9.17) is 5.73 Å². The SMILES string of the molecule is Nc1ccc2c(S(=O)(=O)O)cc(S(=O)(=O)O)cc2c1N=Nc1ccc(/C=C/c2ccc([N+](=O)[O-])cc2S(=O)(=O)O)c(S(=O)(=O)O)c1. The number of hydrogen-bond donors (Lipinski definition) is 5. The van der Waals surface area contributed by atoms with Gasteiger partial charge in [-0.25, -0.2) is 0 Å². The summed E-state index contributed by atoms with van der Waals surface area (Å²) in [5.41, 5.74) is 3.92. The van der Waals surface area contributed by atoms with Crippen LogP contribution in [0.15, 0.2) is 90.5 Å². The van der Waals surface area contributed by atoms with Crippen molar-refractivity contribution in [2.75, 3.05) is 5.73 Å². The number of nitrogens with two attached hydrogens (primary N) is 1. The molecule has 4 aromatic carbocycles. The van der Waals surface area contributed by atoms with Crippen LogP contribution in [0.5, 0.6) is 0 Å². The summed E-state index contributed by atoms with van der Waals surface area (Å²) < 4.78 is 134. The third-order valence-electron chi connectivity index (χ3n) is 6.12. The lowest BCUT2D eigenvalue weighted by atomic mass is 10.1. The maximum absolute atomic E-state index is 12.2. The smallest absolute Gasteiger partial charge is 0.295 e. The third kappa shape index (κ3) is 7.40. The van der Waals surface area contributed by atoms with Crippen LogP contribution < -0.4 is 5.73 Å². The molecule has 46 heavy (non-hydrogen) atoms. The fourth-order valence-corrected chi connectivity index (χ4v) is 6.83. The lowest BCUT2D eigenvalue weighted by Crippen LogP contribution is -2.04. The summed E-state index contributed by atoms with van der Waals surface area (Å²) in [6.45, 7) is 0. The number of hydrogen-bond acceptors (Lipinski definition) is 13. The van der Waals surface area contributed by atoms with Crippen molar-refractivity contribution in [3.8, 4) is 0 Å². The standard InChI is InChI=1S/C24H18N4O14S4/c25-20-8-7-18-19(11-17(43(31,32)33)12-23(18)46(40,41)42)24(20)27-26-15-5-3-13(21(9-15)44(34,35)36)1-2-14-4-6-16(28(29)30)10-22(14)45(37,38)39/h1-12H,25H2,(H,31,32,33)(H,34,35,36)(H,37,38,39)(H,40,41,42)/b2-1+,27-26?. The van der Waals surface area contributed by atoms with E-state index in [-0.39, 0.29) is 39.0 Å². The Labute approximate surface area is 259 Å². The molecule has 0 unspecified atom stereocenters. The highest BCUT2D eigenvalue weighted by atomic mass is 32.2. The number of benzene rings is 4. The van der Waals surface area contributed by atoms with Gasteiger partial charge in [0.15, 0.2) is 0 Å².